The second-order valence-corrected chi connectivity index (χ2v) is 4.32. The van der Waals surface area contributed by atoms with Gasteiger partial charge in [0.25, 0.3) is 5.69 Å². The quantitative estimate of drug-likeness (QED) is 0.486. The molecule has 0 aliphatic carbocycles. The Kier molecular flexibility index (Phi) is 4.10. The van der Waals surface area contributed by atoms with E-state index in [1.165, 1.54) is 12.1 Å². The minimum atomic E-state index is -0.479. The third-order valence-electron chi connectivity index (χ3n) is 2.86. The summed E-state index contributed by atoms with van der Waals surface area (Å²) in [5, 5.41) is 10.7. The number of hydrogen-bond acceptors (Lipinski definition) is 4. The topological polar surface area (TPSA) is 69.4 Å². The number of nitro benzene ring substituents is 1. The Morgan fingerprint density at radius 3 is 2.65 bits per heavy atom. The summed E-state index contributed by atoms with van der Waals surface area (Å²) in [6.07, 6.45) is 0. The number of benzene rings is 2. The molecule has 0 spiro atoms. The average molecular weight is 271 g/mol. The minimum absolute atomic E-state index is 0.00878. The first-order valence-electron chi connectivity index (χ1n) is 6.04. The first-order chi connectivity index (χ1) is 9.58. The van der Waals surface area contributed by atoms with Crippen molar-refractivity contribution in [3.05, 3.63) is 75.3 Å². The number of esters is 1. The van der Waals surface area contributed by atoms with Crippen molar-refractivity contribution in [2.24, 2.45) is 0 Å². The fraction of sp³-hybridized carbons (Fsp3) is 0.133. The van der Waals surface area contributed by atoms with Gasteiger partial charge >= 0.3 is 5.97 Å². The Bertz CT molecular complexity index is 652. The second-order valence-electron chi connectivity index (χ2n) is 4.32. The Morgan fingerprint density at radius 2 is 1.95 bits per heavy atom. The molecule has 5 heteroatoms. The molecular weight excluding hydrogens is 258 g/mol. The zero-order chi connectivity index (χ0) is 14.5. The molecule has 20 heavy (non-hydrogen) atoms. The predicted molar refractivity (Wildman–Crippen MR) is 73.4 cm³/mol. The van der Waals surface area contributed by atoms with Crippen molar-refractivity contribution in [1.82, 2.24) is 0 Å². The highest BCUT2D eigenvalue weighted by Crippen LogP contribution is 2.15. The zero-order valence-corrected chi connectivity index (χ0v) is 10.9. The molecule has 0 N–H and O–H groups in total. The van der Waals surface area contributed by atoms with E-state index in [1.54, 1.807) is 24.3 Å². The van der Waals surface area contributed by atoms with Gasteiger partial charge in [0.2, 0.25) is 0 Å². The van der Waals surface area contributed by atoms with Crippen molar-refractivity contribution in [2.75, 3.05) is 0 Å². The Balaban J connectivity index is 2.06. The fourth-order valence-corrected chi connectivity index (χ4v) is 1.79. The van der Waals surface area contributed by atoms with Crippen molar-refractivity contribution in [3.8, 4) is 0 Å². The lowest BCUT2D eigenvalue weighted by molar-refractivity contribution is -0.384. The minimum Gasteiger partial charge on any atom is -0.457 e. The zero-order valence-electron chi connectivity index (χ0n) is 10.9. The van der Waals surface area contributed by atoms with Crippen LogP contribution in [0.5, 0.6) is 0 Å². The smallest absolute Gasteiger partial charge is 0.338 e. The Morgan fingerprint density at radius 1 is 1.20 bits per heavy atom. The maximum absolute atomic E-state index is 11.9. The molecule has 5 nitrogen and oxygen atoms in total. The van der Waals surface area contributed by atoms with Crippen molar-refractivity contribution < 1.29 is 14.5 Å². The van der Waals surface area contributed by atoms with Crippen LogP contribution in [0.1, 0.15) is 21.5 Å². The summed E-state index contributed by atoms with van der Waals surface area (Å²) < 4.78 is 5.17. The molecule has 0 saturated carbocycles. The summed E-state index contributed by atoms with van der Waals surface area (Å²) in [4.78, 5) is 22.1. The highest BCUT2D eigenvalue weighted by molar-refractivity contribution is 5.90. The molecule has 0 bridgehead atoms. The van der Waals surface area contributed by atoms with Crippen LogP contribution in [-0.2, 0) is 11.3 Å². The van der Waals surface area contributed by atoms with Gasteiger partial charge in [-0.15, -0.1) is 0 Å². The van der Waals surface area contributed by atoms with Crippen LogP contribution in [0.4, 0.5) is 5.69 Å². The summed E-state index contributed by atoms with van der Waals surface area (Å²) in [5.74, 6) is -0.436. The van der Waals surface area contributed by atoms with Gasteiger partial charge in [0, 0.05) is 12.1 Å². The van der Waals surface area contributed by atoms with Gasteiger partial charge in [-0.3, -0.25) is 10.1 Å². The van der Waals surface area contributed by atoms with E-state index in [2.05, 4.69) is 0 Å². The standard InChI is InChI=1S/C15H13NO4/c1-11-5-2-3-8-14(11)15(17)20-10-12-6-4-7-13(9-12)16(18)19/h2-9H,10H2,1H3. The maximum Gasteiger partial charge on any atom is 0.338 e. The van der Waals surface area contributed by atoms with Crippen LogP contribution in [0, 0.1) is 17.0 Å². The summed E-state index contributed by atoms with van der Waals surface area (Å²) in [6.45, 7) is 1.83. The van der Waals surface area contributed by atoms with E-state index >= 15 is 0 Å². The molecule has 0 radical (unpaired) electrons. The predicted octanol–water partition coefficient (Wildman–Crippen LogP) is 3.26. The molecule has 0 amide bonds. The van der Waals surface area contributed by atoms with Crippen molar-refractivity contribution in [2.45, 2.75) is 13.5 Å². The van der Waals surface area contributed by atoms with Crippen molar-refractivity contribution >= 4 is 11.7 Å². The van der Waals surface area contributed by atoms with Crippen LogP contribution >= 0.6 is 0 Å². The van der Waals surface area contributed by atoms with Gasteiger partial charge in [-0.1, -0.05) is 30.3 Å². The molecule has 102 valence electrons. The van der Waals surface area contributed by atoms with Gasteiger partial charge in [-0.05, 0) is 24.1 Å². The number of non-ortho nitro benzene ring substituents is 1. The third kappa shape index (κ3) is 3.20. The lowest BCUT2D eigenvalue weighted by Gasteiger charge is -2.07. The molecule has 0 aliphatic rings. The Labute approximate surface area is 116 Å². The fourth-order valence-electron chi connectivity index (χ4n) is 1.79. The molecule has 0 unspecified atom stereocenters. The summed E-state index contributed by atoms with van der Waals surface area (Å²) >= 11 is 0. The molecule has 0 atom stereocenters. The van der Waals surface area contributed by atoms with Crippen LogP contribution in [0.25, 0.3) is 0 Å². The van der Waals surface area contributed by atoms with Crippen LogP contribution in [0.3, 0.4) is 0 Å². The van der Waals surface area contributed by atoms with E-state index in [0.717, 1.165) is 5.56 Å². The molecule has 0 aromatic heterocycles. The Hall–Kier alpha value is -2.69. The number of carbonyl (C=O) groups is 1. The number of rotatable bonds is 4. The monoisotopic (exact) mass is 271 g/mol. The molecule has 2 rings (SSSR count). The lowest BCUT2D eigenvalue weighted by atomic mass is 10.1. The molecule has 0 fully saturated rings. The van der Waals surface area contributed by atoms with Gasteiger partial charge in [-0.25, -0.2) is 4.79 Å². The van der Waals surface area contributed by atoms with E-state index in [0.29, 0.717) is 11.1 Å². The van der Waals surface area contributed by atoms with E-state index in [-0.39, 0.29) is 12.3 Å². The highest BCUT2D eigenvalue weighted by Gasteiger charge is 2.11. The van der Waals surface area contributed by atoms with Gasteiger partial charge < -0.3 is 4.74 Å². The van der Waals surface area contributed by atoms with Gasteiger partial charge in [-0.2, -0.15) is 0 Å². The number of nitrogens with zero attached hydrogens (tertiary/aromatic N) is 1. The summed E-state index contributed by atoms with van der Waals surface area (Å²) in [5.41, 5.74) is 1.89. The van der Waals surface area contributed by atoms with Crippen LogP contribution < -0.4 is 0 Å². The van der Waals surface area contributed by atoms with E-state index in [4.69, 9.17) is 4.74 Å². The van der Waals surface area contributed by atoms with E-state index < -0.39 is 10.9 Å². The van der Waals surface area contributed by atoms with Gasteiger partial charge in [0.15, 0.2) is 0 Å². The normalized spacial score (nSPS) is 10.1. The van der Waals surface area contributed by atoms with Gasteiger partial charge in [0.05, 0.1) is 10.5 Å². The number of hydrogen-bond donors (Lipinski definition) is 0. The molecule has 0 aliphatic heterocycles. The summed E-state index contributed by atoms with van der Waals surface area (Å²) in [7, 11) is 0. The van der Waals surface area contributed by atoms with Crippen LogP contribution in [0.15, 0.2) is 48.5 Å². The van der Waals surface area contributed by atoms with E-state index in [1.807, 2.05) is 19.1 Å². The second kappa shape index (κ2) is 5.97. The summed E-state index contributed by atoms with van der Waals surface area (Å²) in [6, 6.07) is 13.1. The number of carbonyl (C=O) groups excluding carboxylic acids is 1. The molecule has 0 saturated heterocycles. The molecule has 0 heterocycles. The van der Waals surface area contributed by atoms with Gasteiger partial charge in [0.1, 0.15) is 6.61 Å². The van der Waals surface area contributed by atoms with Crippen molar-refractivity contribution in [3.63, 3.8) is 0 Å². The van der Waals surface area contributed by atoms with Crippen LogP contribution in [0.2, 0.25) is 0 Å². The van der Waals surface area contributed by atoms with Crippen molar-refractivity contribution in [1.29, 1.82) is 0 Å². The SMILES string of the molecule is Cc1ccccc1C(=O)OCc1cccc([N+](=O)[O-])c1. The first-order valence-corrected chi connectivity index (χ1v) is 6.04. The molecular formula is C15H13NO4. The van der Waals surface area contributed by atoms with Crippen LogP contribution in [-0.4, -0.2) is 10.9 Å². The largest absolute Gasteiger partial charge is 0.457 e. The number of nitro groups is 1. The average Bonchev–Trinajstić information content (AvgIpc) is 2.45. The number of aryl methyl sites for hydroxylation is 1. The highest BCUT2D eigenvalue weighted by atomic mass is 16.6. The molecule has 2 aromatic carbocycles. The number of ether oxygens (including phenoxy) is 1. The lowest BCUT2D eigenvalue weighted by Crippen LogP contribution is -2.07. The third-order valence-corrected chi connectivity index (χ3v) is 2.86. The maximum atomic E-state index is 11.9. The first kappa shape index (κ1) is 13.7. The molecule has 2 aromatic rings. The van der Waals surface area contributed by atoms with E-state index in [9.17, 15) is 14.9 Å².